The Bertz CT molecular complexity index is 944. The largest absolute Gasteiger partial charge is 0.476 e. The minimum Gasteiger partial charge on any atom is -0.476 e. The summed E-state index contributed by atoms with van der Waals surface area (Å²) in [7, 11) is 0. The number of carboxylic acids is 1. The van der Waals surface area contributed by atoms with Gasteiger partial charge in [-0.3, -0.25) is 4.79 Å². The van der Waals surface area contributed by atoms with Crippen molar-refractivity contribution in [2.24, 2.45) is 0 Å². The summed E-state index contributed by atoms with van der Waals surface area (Å²) in [6, 6.07) is 9.15. The fourth-order valence-corrected chi connectivity index (χ4v) is 2.40. The molecule has 1 aromatic carbocycles. The van der Waals surface area contributed by atoms with E-state index >= 15 is 0 Å². The van der Waals surface area contributed by atoms with Gasteiger partial charge in [0.25, 0.3) is 5.56 Å². The highest BCUT2D eigenvalue weighted by Gasteiger charge is 2.15. The van der Waals surface area contributed by atoms with E-state index in [1.54, 1.807) is 6.20 Å². The van der Waals surface area contributed by atoms with Crippen LogP contribution in [0, 0.1) is 0 Å². The number of nitrogens with one attached hydrogen (secondary N) is 1. The summed E-state index contributed by atoms with van der Waals surface area (Å²) in [5, 5.41) is 12.9. The molecule has 0 amide bonds. The lowest BCUT2D eigenvalue weighted by Crippen LogP contribution is -2.12. The summed E-state index contributed by atoms with van der Waals surface area (Å²) in [6.45, 7) is 6.40. The van der Waals surface area contributed by atoms with Gasteiger partial charge in [-0.1, -0.05) is 45.0 Å². The molecule has 0 fully saturated rings. The standard InChI is InChI=1S/C17H17N3O3/c1-17(2,3)11-6-4-10(5-7-11)13-9-20-14(15(21)18-13)8-12(19-20)16(22)23/h4-9H,1-3H3,(H,18,21)(H,22,23). The molecule has 2 heterocycles. The van der Waals surface area contributed by atoms with Crippen LogP contribution in [0.1, 0.15) is 36.8 Å². The maximum absolute atomic E-state index is 12.1. The van der Waals surface area contributed by atoms with Crippen molar-refractivity contribution in [1.82, 2.24) is 14.6 Å². The molecule has 0 spiro atoms. The molecule has 0 unspecified atom stereocenters. The van der Waals surface area contributed by atoms with Crippen LogP contribution in [0.5, 0.6) is 0 Å². The van der Waals surface area contributed by atoms with Crippen molar-refractivity contribution >= 4 is 11.5 Å². The summed E-state index contributed by atoms with van der Waals surface area (Å²) < 4.78 is 1.30. The third-order valence-electron chi connectivity index (χ3n) is 3.75. The van der Waals surface area contributed by atoms with Gasteiger partial charge in [-0.15, -0.1) is 0 Å². The van der Waals surface area contributed by atoms with Gasteiger partial charge in [0.2, 0.25) is 0 Å². The highest BCUT2D eigenvalue weighted by Crippen LogP contribution is 2.25. The number of hydrogen-bond donors (Lipinski definition) is 2. The zero-order valence-corrected chi connectivity index (χ0v) is 13.1. The number of hydrogen-bond acceptors (Lipinski definition) is 3. The quantitative estimate of drug-likeness (QED) is 0.761. The average Bonchev–Trinajstić information content (AvgIpc) is 2.91. The Labute approximate surface area is 132 Å². The predicted octanol–water partition coefficient (Wildman–Crippen LogP) is 2.69. The Morgan fingerprint density at radius 1 is 1.22 bits per heavy atom. The van der Waals surface area contributed by atoms with Crippen molar-refractivity contribution in [3.05, 3.63) is 58.1 Å². The van der Waals surface area contributed by atoms with Crippen LogP contribution in [0.15, 0.2) is 41.3 Å². The maximum atomic E-state index is 12.1. The second-order valence-corrected chi connectivity index (χ2v) is 6.49. The third kappa shape index (κ3) is 2.75. The number of nitrogens with zero attached hydrogens (tertiary/aromatic N) is 2. The molecule has 6 nitrogen and oxygen atoms in total. The molecule has 0 aliphatic heterocycles. The van der Waals surface area contributed by atoms with Gasteiger partial charge >= 0.3 is 5.97 Å². The molecule has 3 aromatic rings. The molecular weight excluding hydrogens is 294 g/mol. The van der Waals surface area contributed by atoms with Crippen LogP contribution in [0.2, 0.25) is 0 Å². The van der Waals surface area contributed by atoms with Crippen molar-refractivity contribution in [1.29, 1.82) is 0 Å². The Morgan fingerprint density at radius 3 is 2.43 bits per heavy atom. The number of carboxylic acid groups (broad SMARTS) is 1. The van der Waals surface area contributed by atoms with Crippen LogP contribution in [0.4, 0.5) is 0 Å². The Kier molecular flexibility index (Phi) is 3.32. The second kappa shape index (κ2) is 5.08. The fraction of sp³-hybridized carbons (Fsp3) is 0.235. The second-order valence-electron chi connectivity index (χ2n) is 6.49. The van der Waals surface area contributed by atoms with Crippen LogP contribution >= 0.6 is 0 Å². The molecule has 0 saturated heterocycles. The van der Waals surface area contributed by atoms with Crippen LogP contribution in [0.25, 0.3) is 16.8 Å². The van der Waals surface area contributed by atoms with Crippen LogP contribution in [-0.2, 0) is 5.41 Å². The van der Waals surface area contributed by atoms with Crippen molar-refractivity contribution in [2.45, 2.75) is 26.2 Å². The van der Waals surface area contributed by atoms with Crippen LogP contribution in [0.3, 0.4) is 0 Å². The van der Waals surface area contributed by atoms with Crippen molar-refractivity contribution in [2.75, 3.05) is 0 Å². The summed E-state index contributed by atoms with van der Waals surface area (Å²) in [5.74, 6) is -1.16. The van der Waals surface area contributed by atoms with Gasteiger partial charge in [-0.2, -0.15) is 5.10 Å². The molecule has 0 bridgehead atoms. The molecule has 0 saturated carbocycles. The van der Waals surface area contributed by atoms with Crippen LogP contribution in [-0.4, -0.2) is 25.7 Å². The summed E-state index contributed by atoms with van der Waals surface area (Å²) >= 11 is 0. The summed E-state index contributed by atoms with van der Waals surface area (Å²) in [6.07, 6.45) is 1.62. The zero-order chi connectivity index (χ0) is 16.8. The first-order valence-electron chi connectivity index (χ1n) is 7.22. The Hall–Kier alpha value is -2.89. The first-order chi connectivity index (χ1) is 10.8. The lowest BCUT2D eigenvalue weighted by molar-refractivity contribution is 0.0690. The Balaban J connectivity index is 2.10. The lowest BCUT2D eigenvalue weighted by atomic mass is 9.86. The van der Waals surface area contributed by atoms with E-state index in [-0.39, 0.29) is 22.2 Å². The van der Waals surface area contributed by atoms with E-state index in [9.17, 15) is 9.59 Å². The van der Waals surface area contributed by atoms with Crippen molar-refractivity contribution in [3.8, 4) is 11.3 Å². The van der Waals surface area contributed by atoms with E-state index in [0.717, 1.165) is 5.56 Å². The van der Waals surface area contributed by atoms with Gasteiger partial charge in [0.05, 0.1) is 11.9 Å². The topological polar surface area (TPSA) is 87.5 Å². The predicted molar refractivity (Wildman–Crippen MR) is 86.9 cm³/mol. The molecule has 23 heavy (non-hydrogen) atoms. The van der Waals surface area contributed by atoms with E-state index in [0.29, 0.717) is 5.69 Å². The summed E-state index contributed by atoms with van der Waals surface area (Å²) in [5.41, 5.74) is 2.34. The lowest BCUT2D eigenvalue weighted by Gasteiger charge is -2.19. The molecule has 2 N–H and O–H groups in total. The van der Waals surface area contributed by atoms with E-state index in [4.69, 9.17) is 5.11 Å². The molecule has 0 radical (unpaired) electrons. The number of fused-ring (bicyclic) bond motifs is 1. The van der Waals surface area contributed by atoms with Gasteiger partial charge in [-0.25, -0.2) is 9.31 Å². The van der Waals surface area contributed by atoms with Gasteiger partial charge in [-0.05, 0) is 16.5 Å². The molecule has 0 aliphatic rings. The van der Waals surface area contributed by atoms with E-state index < -0.39 is 5.97 Å². The molecule has 6 heteroatoms. The van der Waals surface area contributed by atoms with Crippen LogP contribution < -0.4 is 5.56 Å². The first-order valence-corrected chi connectivity index (χ1v) is 7.22. The van der Waals surface area contributed by atoms with Crippen molar-refractivity contribution in [3.63, 3.8) is 0 Å². The average molecular weight is 311 g/mol. The molecule has 118 valence electrons. The third-order valence-corrected chi connectivity index (χ3v) is 3.75. The first kappa shape index (κ1) is 15.0. The molecule has 0 atom stereocenters. The van der Waals surface area contributed by atoms with E-state index in [2.05, 4.69) is 30.9 Å². The maximum Gasteiger partial charge on any atom is 0.356 e. The highest BCUT2D eigenvalue weighted by atomic mass is 16.4. The minimum absolute atomic E-state index is 0.0499. The summed E-state index contributed by atoms with van der Waals surface area (Å²) in [4.78, 5) is 25.9. The number of aromatic carboxylic acids is 1. The van der Waals surface area contributed by atoms with E-state index in [1.807, 2.05) is 24.3 Å². The number of aromatic amines is 1. The highest BCUT2D eigenvalue weighted by molar-refractivity contribution is 5.87. The number of benzene rings is 1. The Morgan fingerprint density at radius 2 is 1.87 bits per heavy atom. The molecule has 3 rings (SSSR count). The minimum atomic E-state index is -1.16. The smallest absolute Gasteiger partial charge is 0.356 e. The number of carbonyl (C=O) groups is 1. The number of aromatic nitrogens is 3. The van der Waals surface area contributed by atoms with Gasteiger partial charge in [0.1, 0.15) is 5.52 Å². The number of H-pyrrole nitrogens is 1. The fourth-order valence-electron chi connectivity index (χ4n) is 2.40. The SMILES string of the molecule is CC(C)(C)c1ccc(-c2cn3nc(C(=O)O)cc3c(=O)[nH]2)cc1. The molecular formula is C17H17N3O3. The number of rotatable bonds is 2. The molecule has 2 aromatic heterocycles. The normalized spacial score (nSPS) is 11.8. The zero-order valence-electron chi connectivity index (χ0n) is 13.1. The monoisotopic (exact) mass is 311 g/mol. The van der Waals surface area contributed by atoms with E-state index in [1.165, 1.54) is 16.1 Å². The molecule has 0 aliphatic carbocycles. The van der Waals surface area contributed by atoms with Gasteiger partial charge in [0.15, 0.2) is 5.69 Å². The van der Waals surface area contributed by atoms with Gasteiger partial charge < -0.3 is 10.1 Å². The van der Waals surface area contributed by atoms with Crippen molar-refractivity contribution < 1.29 is 9.90 Å². The van der Waals surface area contributed by atoms with Gasteiger partial charge in [0, 0.05) is 6.07 Å².